The normalized spacial score (nSPS) is 10.4. The highest BCUT2D eigenvalue weighted by atomic mass is 16.1. The van der Waals surface area contributed by atoms with Gasteiger partial charge in [0.1, 0.15) is 0 Å². The van der Waals surface area contributed by atoms with Crippen LogP contribution in [0.3, 0.4) is 0 Å². The quantitative estimate of drug-likeness (QED) is 0.669. The molecule has 0 saturated heterocycles. The second-order valence-corrected chi connectivity index (χ2v) is 4.11. The van der Waals surface area contributed by atoms with Gasteiger partial charge in [0, 0.05) is 17.7 Å². The van der Waals surface area contributed by atoms with Crippen LogP contribution in [0.25, 0.3) is 11.4 Å². The zero-order chi connectivity index (χ0) is 13.5. The molecule has 19 heavy (non-hydrogen) atoms. The summed E-state index contributed by atoms with van der Waals surface area (Å²) < 4.78 is 0. The van der Waals surface area contributed by atoms with Crippen LogP contribution in [0.1, 0.15) is 19.3 Å². The van der Waals surface area contributed by atoms with E-state index in [1.807, 2.05) is 24.3 Å². The van der Waals surface area contributed by atoms with E-state index in [0.717, 1.165) is 24.1 Å². The van der Waals surface area contributed by atoms with Crippen molar-refractivity contribution in [2.24, 2.45) is 5.73 Å². The molecule has 100 valence electrons. The van der Waals surface area contributed by atoms with Crippen molar-refractivity contribution in [1.29, 1.82) is 0 Å². The van der Waals surface area contributed by atoms with Crippen LogP contribution in [0.15, 0.2) is 24.3 Å². The second-order valence-electron chi connectivity index (χ2n) is 4.11. The number of carbonyl (C=O) groups excluding carboxylic acids is 1. The number of aromatic nitrogens is 4. The van der Waals surface area contributed by atoms with E-state index in [4.69, 9.17) is 5.73 Å². The highest BCUT2D eigenvalue weighted by molar-refractivity contribution is 5.91. The van der Waals surface area contributed by atoms with E-state index in [2.05, 4.69) is 25.9 Å². The van der Waals surface area contributed by atoms with Gasteiger partial charge in [0.2, 0.25) is 11.7 Å². The molecule has 0 aliphatic carbocycles. The fraction of sp³-hybridized carbons (Fsp3) is 0.333. The summed E-state index contributed by atoms with van der Waals surface area (Å²) in [5.74, 6) is 0.484. The number of tetrazole rings is 1. The van der Waals surface area contributed by atoms with Gasteiger partial charge in [-0.1, -0.05) is 12.1 Å². The lowest BCUT2D eigenvalue weighted by Gasteiger charge is -2.05. The van der Waals surface area contributed by atoms with E-state index in [-0.39, 0.29) is 5.91 Å². The number of nitrogens with one attached hydrogen (secondary N) is 2. The zero-order valence-electron chi connectivity index (χ0n) is 10.5. The molecule has 0 unspecified atom stereocenters. The number of nitrogens with zero attached hydrogens (tertiary/aromatic N) is 3. The number of nitrogens with two attached hydrogens (primary N) is 1. The number of benzene rings is 1. The van der Waals surface area contributed by atoms with Gasteiger partial charge in [-0.15, -0.1) is 10.2 Å². The molecule has 0 atom stereocenters. The predicted molar refractivity (Wildman–Crippen MR) is 71.1 cm³/mol. The molecule has 0 radical (unpaired) electrons. The Kier molecular flexibility index (Phi) is 4.57. The third kappa shape index (κ3) is 3.85. The maximum Gasteiger partial charge on any atom is 0.224 e. The second kappa shape index (κ2) is 6.60. The minimum absolute atomic E-state index is 0.0151. The van der Waals surface area contributed by atoms with Crippen LogP contribution in [0.4, 0.5) is 5.69 Å². The molecule has 1 aromatic heterocycles. The van der Waals surface area contributed by atoms with Gasteiger partial charge >= 0.3 is 0 Å². The Labute approximate surface area is 110 Å². The van der Waals surface area contributed by atoms with Crippen molar-refractivity contribution in [3.05, 3.63) is 24.3 Å². The number of carbonyl (C=O) groups is 1. The molecule has 1 amide bonds. The zero-order valence-corrected chi connectivity index (χ0v) is 10.5. The SMILES string of the molecule is NCCCCC(=O)Nc1cccc(-c2nn[nH]n2)c1. The van der Waals surface area contributed by atoms with Crippen LogP contribution < -0.4 is 11.1 Å². The summed E-state index contributed by atoms with van der Waals surface area (Å²) in [5, 5.41) is 16.5. The highest BCUT2D eigenvalue weighted by Crippen LogP contribution is 2.18. The minimum Gasteiger partial charge on any atom is -0.330 e. The third-order valence-electron chi connectivity index (χ3n) is 2.61. The molecular formula is C12H16N6O. The number of rotatable bonds is 6. The first kappa shape index (κ1) is 13.2. The number of hydrogen-bond donors (Lipinski definition) is 3. The van der Waals surface area contributed by atoms with E-state index in [0.29, 0.717) is 18.8 Å². The summed E-state index contributed by atoms with van der Waals surface area (Å²) in [4.78, 5) is 11.7. The van der Waals surface area contributed by atoms with E-state index in [1.165, 1.54) is 0 Å². The van der Waals surface area contributed by atoms with Gasteiger partial charge in [-0.3, -0.25) is 4.79 Å². The molecular weight excluding hydrogens is 244 g/mol. The number of unbranched alkanes of at least 4 members (excludes halogenated alkanes) is 1. The molecule has 7 heteroatoms. The van der Waals surface area contributed by atoms with Gasteiger partial charge in [0.05, 0.1) is 0 Å². The average molecular weight is 260 g/mol. The molecule has 4 N–H and O–H groups in total. The van der Waals surface area contributed by atoms with Gasteiger partial charge in [0.15, 0.2) is 0 Å². The fourth-order valence-electron chi connectivity index (χ4n) is 1.67. The van der Waals surface area contributed by atoms with Crippen molar-refractivity contribution < 1.29 is 4.79 Å². The smallest absolute Gasteiger partial charge is 0.224 e. The summed E-state index contributed by atoms with van der Waals surface area (Å²) in [6, 6.07) is 7.33. The summed E-state index contributed by atoms with van der Waals surface area (Å²) >= 11 is 0. The Morgan fingerprint density at radius 3 is 3.00 bits per heavy atom. The van der Waals surface area contributed by atoms with Crippen LogP contribution in [-0.2, 0) is 4.79 Å². The largest absolute Gasteiger partial charge is 0.330 e. The molecule has 0 fully saturated rings. The molecule has 2 rings (SSSR count). The maximum atomic E-state index is 11.7. The molecule has 1 aromatic carbocycles. The summed E-state index contributed by atoms with van der Waals surface area (Å²) in [5.41, 5.74) is 6.91. The van der Waals surface area contributed by atoms with Crippen molar-refractivity contribution >= 4 is 11.6 Å². The Balaban J connectivity index is 1.97. The van der Waals surface area contributed by atoms with Crippen molar-refractivity contribution in [3.63, 3.8) is 0 Å². The van der Waals surface area contributed by atoms with Crippen molar-refractivity contribution in [2.75, 3.05) is 11.9 Å². The number of H-pyrrole nitrogens is 1. The highest BCUT2D eigenvalue weighted by Gasteiger charge is 2.06. The third-order valence-corrected chi connectivity index (χ3v) is 2.61. The van der Waals surface area contributed by atoms with E-state index in [9.17, 15) is 4.79 Å². The lowest BCUT2D eigenvalue weighted by molar-refractivity contribution is -0.116. The molecule has 0 aliphatic rings. The maximum absolute atomic E-state index is 11.7. The molecule has 0 aliphatic heterocycles. The Bertz CT molecular complexity index is 525. The van der Waals surface area contributed by atoms with E-state index >= 15 is 0 Å². The molecule has 7 nitrogen and oxygen atoms in total. The Hall–Kier alpha value is -2.28. The van der Waals surface area contributed by atoms with E-state index in [1.54, 1.807) is 0 Å². The first-order chi connectivity index (χ1) is 9.29. The average Bonchev–Trinajstić information content (AvgIpc) is 2.93. The predicted octanol–water partition coefficient (Wildman–Crippen LogP) is 0.934. The van der Waals surface area contributed by atoms with Gasteiger partial charge in [-0.25, -0.2) is 0 Å². The first-order valence-electron chi connectivity index (χ1n) is 6.13. The minimum atomic E-state index is -0.0151. The summed E-state index contributed by atoms with van der Waals surface area (Å²) in [7, 11) is 0. The Morgan fingerprint density at radius 1 is 1.37 bits per heavy atom. The molecule has 2 aromatic rings. The van der Waals surface area contributed by atoms with Gasteiger partial charge in [-0.05, 0) is 36.7 Å². The van der Waals surface area contributed by atoms with Crippen molar-refractivity contribution in [2.45, 2.75) is 19.3 Å². The van der Waals surface area contributed by atoms with Gasteiger partial charge in [0.25, 0.3) is 0 Å². The molecule has 0 spiro atoms. The van der Waals surface area contributed by atoms with Crippen LogP contribution >= 0.6 is 0 Å². The summed E-state index contributed by atoms with van der Waals surface area (Å²) in [6.07, 6.45) is 2.13. The standard InChI is InChI=1S/C12H16N6O/c13-7-2-1-6-11(19)14-10-5-3-4-9(8-10)12-15-17-18-16-12/h3-5,8H,1-2,6-7,13H2,(H,14,19)(H,15,16,17,18). The molecule has 1 heterocycles. The molecule has 0 bridgehead atoms. The fourth-order valence-corrected chi connectivity index (χ4v) is 1.67. The number of aromatic amines is 1. The number of anilines is 1. The Morgan fingerprint density at radius 2 is 2.26 bits per heavy atom. The first-order valence-corrected chi connectivity index (χ1v) is 6.13. The molecule has 0 saturated carbocycles. The van der Waals surface area contributed by atoms with E-state index < -0.39 is 0 Å². The van der Waals surface area contributed by atoms with Crippen molar-refractivity contribution in [1.82, 2.24) is 20.6 Å². The van der Waals surface area contributed by atoms with Crippen LogP contribution in [0.2, 0.25) is 0 Å². The van der Waals surface area contributed by atoms with Crippen LogP contribution in [0.5, 0.6) is 0 Å². The van der Waals surface area contributed by atoms with Crippen molar-refractivity contribution in [3.8, 4) is 11.4 Å². The van der Waals surface area contributed by atoms with Gasteiger partial charge in [-0.2, -0.15) is 5.21 Å². The lowest BCUT2D eigenvalue weighted by atomic mass is 10.2. The number of hydrogen-bond acceptors (Lipinski definition) is 5. The topological polar surface area (TPSA) is 110 Å². The van der Waals surface area contributed by atoms with Gasteiger partial charge < -0.3 is 11.1 Å². The number of amides is 1. The monoisotopic (exact) mass is 260 g/mol. The lowest BCUT2D eigenvalue weighted by Crippen LogP contribution is -2.12. The summed E-state index contributed by atoms with van der Waals surface area (Å²) in [6.45, 7) is 0.612. The van der Waals surface area contributed by atoms with Crippen LogP contribution in [-0.4, -0.2) is 33.1 Å². The van der Waals surface area contributed by atoms with Crippen LogP contribution in [0, 0.1) is 0 Å².